The molecule has 0 unspecified atom stereocenters. The molecule has 1 heterocycles. The van der Waals surface area contributed by atoms with Crippen molar-refractivity contribution in [3.8, 4) is 0 Å². The van der Waals surface area contributed by atoms with Crippen molar-refractivity contribution in [2.45, 2.75) is 0 Å². The smallest absolute Gasteiger partial charge is 0.131 e. The Hall–Kier alpha value is -2.04. The molecule has 0 saturated heterocycles. The first-order chi connectivity index (χ1) is 6.61. The van der Waals surface area contributed by atoms with Crippen molar-refractivity contribution in [1.82, 2.24) is 9.55 Å². The molecule has 0 atom stereocenters. The van der Waals surface area contributed by atoms with E-state index < -0.39 is 6.09 Å². The van der Waals surface area contributed by atoms with Crippen LogP contribution in [0.15, 0.2) is 30.6 Å². The molecule has 1 amide bonds. The first-order valence-electron chi connectivity index (χ1n) is 3.94. The monoisotopic (exact) mass is 192 g/mol. The summed E-state index contributed by atoms with van der Waals surface area (Å²) >= 11 is 0. The van der Waals surface area contributed by atoms with E-state index >= 15 is 0 Å². The van der Waals surface area contributed by atoms with E-state index in [9.17, 15) is 0 Å². The number of hydrogen-bond acceptors (Lipinski definition) is 3. The third-order valence-corrected chi connectivity index (χ3v) is 1.63. The van der Waals surface area contributed by atoms with Crippen molar-refractivity contribution in [1.29, 1.82) is 0 Å². The maximum absolute atomic E-state index is 8.67. The summed E-state index contributed by atoms with van der Waals surface area (Å²) in [6.07, 6.45) is 0.241. The maximum atomic E-state index is 8.67. The number of rotatable bonds is 0. The topological polar surface area (TPSA) is 84.0 Å². The number of nitrogens with two attached hydrogens (primary N) is 1. The largest absolute Gasteiger partial charge is 0.530 e. The van der Waals surface area contributed by atoms with Gasteiger partial charge < -0.3 is 20.2 Å². The Kier molecular flexibility index (Phi) is 3.06. The highest BCUT2D eigenvalue weighted by atomic mass is 16.4. The van der Waals surface area contributed by atoms with Crippen LogP contribution in [0.3, 0.4) is 0 Å². The molecule has 5 heteroatoms. The number of amides is 1. The van der Waals surface area contributed by atoms with Crippen LogP contribution in [0.4, 0.5) is 4.79 Å². The number of aryl methyl sites for hydroxylation is 1. The fourth-order valence-electron chi connectivity index (χ4n) is 1.08. The minimum absolute atomic E-state index is 1.06. The first-order valence-corrected chi connectivity index (χ1v) is 3.94. The zero-order valence-electron chi connectivity index (χ0n) is 7.68. The van der Waals surface area contributed by atoms with Gasteiger partial charge in [0.1, 0.15) is 6.09 Å². The lowest BCUT2D eigenvalue weighted by molar-refractivity contribution is -0.245. The molecule has 5 nitrogen and oxygen atoms in total. The van der Waals surface area contributed by atoms with Crippen LogP contribution in [0.1, 0.15) is 0 Å². The van der Waals surface area contributed by atoms with Gasteiger partial charge in [-0.2, -0.15) is 0 Å². The Morgan fingerprint density at radius 2 is 2.07 bits per heavy atom. The molecule has 0 radical (unpaired) electrons. The molecule has 0 spiro atoms. The molecule has 2 N–H and O–H groups in total. The second-order valence-corrected chi connectivity index (χ2v) is 2.66. The lowest BCUT2D eigenvalue weighted by atomic mass is 10.3. The number of fused-ring (bicyclic) bond motifs is 1. The molecule has 0 bridgehead atoms. The van der Waals surface area contributed by atoms with Gasteiger partial charge >= 0.3 is 0 Å². The van der Waals surface area contributed by atoms with Gasteiger partial charge in [0.2, 0.25) is 0 Å². The number of primary amides is 1. The molecular weight excluding hydrogens is 182 g/mol. The highest BCUT2D eigenvalue weighted by Gasteiger charge is 1.93. The SMILES string of the molecule is Cn1cnc2ccccc21.NC(=O)[O-]. The van der Waals surface area contributed by atoms with Gasteiger partial charge in [-0.3, -0.25) is 0 Å². The van der Waals surface area contributed by atoms with Crippen molar-refractivity contribution in [2.75, 3.05) is 0 Å². The summed E-state index contributed by atoms with van der Waals surface area (Å²) in [7, 11) is 2.00. The average Bonchev–Trinajstić information content (AvgIpc) is 2.48. The zero-order chi connectivity index (χ0) is 10.6. The molecule has 1 aromatic carbocycles. The summed E-state index contributed by atoms with van der Waals surface area (Å²) < 4.78 is 2.01. The number of carbonyl (C=O) groups excluding carboxylic acids is 1. The summed E-state index contributed by atoms with van der Waals surface area (Å²) in [6, 6.07) is 8.08. The summed E-state index contributed by atoms with van der Waals surface area (Å²) in [4.78, 5) is 12.8. The number of benzene rings is 1. The number of para-hydroxylation sites is 2. The highest BCUT2D eigenvalue weighted by molar-refractivity contribution is 5.74. The van der Waals surface area contributed by atoms with E-state index in [-0.39, 0.29) is 0 Å². The van der Waals surface area contributed by atoms with Crippen molar-refractivity contribution in [2.24, 2.45) is 12.8 Å². The molecule has 0 fully saturated rings. The summed E-state index contributed by atoms with van der Waals surface area (Å²) in [5.41, 5.74) is 6.16. The second kappa shape index (κ2) is 4.27. The predicted octanol–water partition coefficient (Wildman–Crippen LogP) is -0.138. The number of aromatic nitrogens is 2. The number of hydrogen-bond donors (Lipinski definition) is 1. The molecule has 0 aliphatic carbocycles. The quantitative estimate of drug-likeness (QED) is 0.630. The van der Waals surface area contributed by atoms with Crippen molar-refractivity contribution >= 4 is 17.1 Å². The van der Waals surface area contributed by atoms with Gasteiger partial charge in [0, 0.05) is 7.05 Å². The second-order valence-electron chi connectivity index (χ2n) is 2.66. The van der Waals surface area contributed by atoms with Crippen LogP contribution in [-0.2, 0) is 7.05 Å². The average molecular weight is 192 g/mol. The third-order valence-electron chi connectivity index (χ3n) is 1.63. The normalized spacial score (nSPS) is 9.21. The summed E-state index contributed by atoms with van der Waals surface area (Å²) in [5, 5.41) is 8.67. The summed E-state index contributed by atoms with van der Waals surface area (Å²) in [5.74, 6) is 0. The molecule has 0 saturated carbocycles. The van der Waals surface area contributed by atoms with Crippen LogP contribution in [-0.4, -0.2) is 15.6 Å². The molecule has 2 aromatic rings. The molecule has 0 aliphatic rings. The Morgan fingerprint density at radius 1 is 1.50 bits per heavy atom. The van der Waals surface area contributed by atoms with E-state index in [0.717, 1.165) is 5.52 Å². The number of imidazole rings is 1. The fourth-order valence-corrected chi connectivity index (χ4v) is 1.08. The third kappa shape index (κ3) is 2.48. The van der Waals surface area contributed by atoms with E-state index in [4.69, 9.17) is 9.90 Å². The van der Waals surface area contributed by atoms with Gasteiger partial charge in [-0.15, -0.1) is 0 Å². The maximum Gasteiger partial charge on any atom is 0.131 e. The van der Waals surface area contributed by atoms with Crippen molar-refractivity contribution < 1.29 is 9.90 Å². The van der Waals surface area contributed by atoms with Crippen LogP contribution >= 0.6 is 0 Å². The fraction of sp³-hybridized carbons (Fsp3) is 0.111. The predicted molar refractivity (Wildman–Crippen MR) is 50.3 cm³/mol. The molecule has 14 heavy (non-hydrogen) atoms. The molecule has 1 aromatic heterocycles. The first kappa shape index (κ1) is 10.0. The Bertz CT molecular complexity index is 432. The van der Waals surface area contributed by atoms with Crippen LogP contribution < -0.4 is 10.8 Å². The lowest BCUT2D eigenvalue weighted by Crippen LogP contribution is -2.29. The van der Waals surface area contributed by atoms with E-state index in [1.165, 1.54) is 5.52 Å². The number of nitrogens with zero attached hydrogens (tertiary/aromatic N) is 2. The number of carboxylic acid groups (broad SMARTS) is 1. The number of carbonyl (C=O) groups is 1. The van der Waals surface area contributed by atoms with Crippen LogP contribution in [0.2, 0.25) is 0 Å². The Labute approximate surface area is 80.8 Å². The molecule has 0 aliphatic heterocycles. The van der Waals surface area contributed by atoms with Gasteiger partial charge in [-0.05, 0) is 12.1 Å². The van der Waals surface area contributed by atoms with E-state index in [1.54, 1.807) is 0 Å². The van der Waals surface area contributed by atoms with Gasteiger partial charge in [0.25, 0.3) is 0 Å². The summed E-state index contributed by atoms with van der Waals surface area (Å²) in [6.45, 7) is 0. The van der Waals surface area contributed by atoms with Gasteiger partial charge in [0.05, 0.1) is 17.4 Å². The molecule has 2 rings (SSSR count). The minimum atomic E-state index is -1.58. The van der Waals surface area contributed by atoms with E-state index in [0.29, 0.717) is 0 Å². The highest BCUT2D eigenvalue weighted by Crippen LogP contribution is 2.08. The molecule has 74 valence electrons. The van der Waals surface area contributed by atoms with Gasteiger partial charge in [0.15, 0.2) is 0 Å². The Morgan fingerprint density at radius 3 is 2.64 bits per heavy atom. The minimum Gasteiger partial charge on any atom is -0.530 e. The molecular formula is C9H10N3O2-. The zero-order valence-corrected chi connectivity index (χ0v) is 7.68. The van der Waals surface area contributed by atoms with Crippen molar-refractivity contribution in [3.63, 3.8) is 0 Å². The van der Waals surface area contributed by atoms with E-state index in [1.807, 2.05) is 36.1 Å². The lowest BCUT2D eigenvalue weighted by Gasteiger charge is -1.90. The van der Waals surface area contributed by atoms with E-state index in [2.05, 4.69) is 16.8 Å². The van der Waals surface area contributed by atoms with Crippen LogP contribution in [0.5, 0.6) is 0 Å². The van der Waals surface area contributed by atoms with Gasteiger partial charge in [-0.25, -0.2) is 4.98 Å². The standard InChI is InChI=1S/C8H8N2.CH3NO2/c1-10-6-9-7-4-2-3-5-8(7)10;2-1(3)4/h2-6H,1H3;2H2,(H,3,4)/p-1. The van der Waals surface area contributed by atoms with Crippen LogP contribution in [0.25, 0.3) is 11.0 Å². The van der Waals surface area contributed by atoms with Crippen LogP contribution in [0, 0.1) is 0 Å². The Balaban J connectivity index is 0.000000213. The van der Waals surface area contributed by atoms with Crippen molar-refractivity contribution in [3.05, 3.63) is 30.6 Å². The van der Waals surface area contributed by atoms with Gasteiger partial charge in [-0.1, -0.05) is 12.1 Å².